The molecule has 0 spiro atoms. The van der Waals surface area contributed by atoms with E-state index < -0.39 is 5.97 Å². The Kier molecular flexibility index (Phi) is 4.92. The first kappa shape index (κ1) is 19.4. The molecular weight excluding hydrogens is 372 g/mol. The topological polar surface area (TPSA) is 46.5 Å². The normalized spacial score (nSPS) is 29.4. The maximum absolute atomic E-state index is 11.4. The lowest BCUT2D eigenvalue weighted by atomic mass is 9.48. The molecule has 1 N–H and O–H groups in total. The van der Waals surface area contributed by atoms with Crippen LogP contribution in [-0.2, 0) is 11.8 Å². The molecule has 0 aliphatic heterocycles. The van der Waals surface area contributed by atoms with Crippen molar-refractivity contribution in [2.45, 2.75) is 50.4 Å². The Morgan fingerprint density at radius 3 is 2.37 bits per heavy atom. The van der Waals surface area contributed by atoms with E-state index in [1.807, 2.05) is 24.3 Å². The van der Waals surface area contributed by atoms with Gasteiger partial charge in [0.2, 0.25) is 0 Å². The minimum absolute atomic E-state index is 0.328. The van der Waals surface area contributed by atoms with E-state index in [-0.39, 0.29) is 0 Å². The van der Waals surface area contributed by atoms with Gasteiger partial charge in [-0.2, -0.15) is 0 Å². The highest BCUT2D eigenvalue weighted by Crippen LogP contribution is 2.61. The molecule has 0 unspecified atom stereocenters. The van der Waals surface area contributed by atoms with Gasteiger partial charge in [0.05, 0.1) is 12.7 Å². The predicted molar refractivity (Wildman–Crippen MR) is 119 cm³/mol. The standard InChI is InChI=1S/C27H30O3/c1-30-25-14-18(5-4-7-22-6-2-3-8-23(22)26(28)29)9-10-24(25)27-15-19-11-20(16-27)13-21(12-19)17-27/h2-4,6-10,14,19-21H,5,11-13,15-17H2,1H3,(H,28,29). The number of ether oxygens (including phenoxy) is 1. The largest absolute Gasteiger partial charge is 0.496 e. The lowest BCUT2D eigenvalue weighted by Crippen LogP contribution is -2.48. The van der Waals surface area contributed by atoms with Crippen molar-refractivity contribution in [2.75, 3.05) is 7.11 Å². The number of aromatic carboxylic acids is 1. The van der Waals surface area contributed by atoms with Crippen LogP contribution in [0.2, 0.25) is 0 Å². The van der Waals surface area contributed by atoms with Gasteiger partial charge >= 0.3 is 5.97 Å². The number of rotatable bonds is 6. The predicted octanol–water partition coefficient (Wildman–Crippen LogP) is 6.12. The Morgan fingerprint density at radius 1 is 1.07 bits per heavy atom. The molecule has 0 heterocycles. The smallest absolute Gasteiger partial charge is 0.336 e. The summed E-state index contributed by atoms with van der Waals surface area (Å²) in [6, 6.07) is 13.9. The fourth-order valence-electron chi connectivity index (χ4n) is 6.90. The number of carboxylic acid groups (broad SMARTS) is 1. The second-order valence-corrected chi connectivity index (χ2v) is 9.73. The number of benzene rings is 2. The molecule has 6 rings (SSSR count). The van der Waals surface area contributed by atoms with E-state index in [0.717, 1.165) is 35.5 Å². The molecule has 0 amide bonds. The van der Waals surface area contributed by atoms with E-state index in [9.17, 15) is 9.90 Å². The van der Waals surface area contributed by atoms with E-state index in [1.165, 1.54) is 49.7 Å². The van der Waals surface area contributed by atoms with Gasteiger partial charge in [-0.05, 0) is 91.4 Å². The molecule has 4 fully saturated rings. The van der Waals surface area contributed by atoms with Gasteiger partial charge in [-0.3, -0.25) is 0 Å². The molecule has 4 bridgehead atoms. The van der Waals surface area contributed by atoms with Gasteiger partial charge in [-0.15, -0.1) is 0 Å². The van der Waals surface area contributed by atoms with Crippen molar-refractivity contribution in [1.82, 2.24) is 0 Å². The molecule has 4 aliphatic rings. The molecule has 4 aliphatic carbocycles. The van der Waals surface area contributed by atoms with E-state index in [0.29, 0.717) is 11.0 Å². The van der Waals surface area contributed by atoms with Crippen LogP contribution in [0.25, 0.3) is 6.08 Å². The van der Waals surface area contributed by atoms with Gasteiger partial charge in [0, 0.05) is 5.56 Å². The van der Waals surface area contributed by atoms with Crippen LogP contribution in [0, 0.1) is 17.8 Å². The highest BCUT2D eigenvalue weighted by molar-refractivity contribution is 5.92. The summed E-state index contributed by atoms with van der Waals surface area (Å²) in [7, 11) is 1.79. The van der Waals surface area contributed by atoms with Crippen molar-refractivity contribution in [2.24, 2.45) is 17.8 Å². The zero-order valence-corrected chi connectivity index (χ0v) is 17.6. The zero-order chi connectivity index (χ0) is 20.7. The molecule has 0 aromatic heterocycles. The van der Waals surface area contributed by atoms with Crippen LogP contribution < -0.4 is 4.74 Å². The lowest BCUT2D eigenvalue weighted by Gasteiger charge is -2.57. The Morgan fingerprint density at radius 2 is 1.73 bits per heavy atom. The second kappa shape index (κ2) is 7.61. The minimum atomic E-state index is -0.892. The van der Waals surface area contributed by atoms with Crippen LogP contribution in [0.5, 0.6) is 5.75 Å². The molecule has 2 aromatic carbocycles. The van der Waals surface area contributed by atoms with E-state index in [2.05, 4.69) is 18.2 Å². The average molecular weight is 403 g/mol. The third kappa shape index (κ3) is 3.45. The molecular formula is C27H30O3. The van der Waals surface area contributed by atoms with Crippen molar-refractivity contribution in [3.8, 4) is 5.75 Å². The number of carboxylic acids is 1. The summed E-state index contributed by atoms with van der Waals surface area (Å²) in [5.74, 6) is 2.89. The third-order valence-electron chi connectivity index (χ3n) is 7.72. The molecule has 0 saturated heterocycles. The van der Waals surface area contributed by atoms with Crippen molar-refractivity contribution < 1.29 is 14.6 Å². The number of hydrogen-bond acceptors (Lipinski definition) is 2. The van der Waals surface area contributed by atoms with Crippen molar-refractivity contribution in [1.29, 1.82) is 0 Å². The van der Waals surface area contributed by atoms with Gasteiger partial charge in [0.25, 0.3) is 0 Å². The maximum Gasteiger partial charge on any atom is 0.336 e. The number of hydrogen-bond donors (Lipinski definition) is 1. The third-order valence-corrected chi connectivity index (χ3v) is 7.72. The van der Waals surface area contributed by atoms with Crippen molar-refractivity contribution >= 4 is 12.0 Å². The van der Waals surface area contributed by atoms with Crippen LogP contribution >= 0.6 is 0 Å². The summed E-state index contributed by atoms with van der Waals surface area (Å²) in [5.41, 5.74) is 4.03. The maximum atomic E-state index is 11.4. The number of allylic oxidation sites excluding steroid dienone is 1. The second-order valence-electron chi connectivity index (χ2n) is 9.73. The number of carbonyl (C=O) groups is 1. The quantitative estimate of drug-likeness (QED) is 0.633. The lowest BCUT2D eigenvalue weighted by molar-refractivity contribution is -0.00616. The highest BCUT2D eigenvalue weighted by Gasteiger charge is 2.52. The molecule has 0 radical (unpaired) electrons. The summed E-state index contributed by atoms with van der Waals surface area (Å²) < 4.78 is 5.89. The molecule has 4 saturated carbocycles. The van der Waals surface area contributed by atoms with Crippen LogP contribution in [0.1, 0.15) is 65.6 Å². The molecule has 0 atom stereocenters. The van der Waals surface area contributed by atoms with Gasteiger partial charge < -0.3 is 9.84 Å². The first-order chi connectivity index (χ1) is 14.6. The van der Waals surface area contributed by atoms with Crippen molar-refractivity contribution in [3.05, 3.63) is 70.8 Å². The average Bonchev–Trinajstić information content (AvgIpc) is 2.73. The summed E-state index contributed by atoms with van der Waals surface area (Å²) in [4.78, 5) is 11.4. The highest BCUT2D eigenvalue weighted by atomic mass is 16.5. The van der Waals surface area contributed by atoms with Crippen molar-refractivity contribution in [3.63, 3.8) is 0 Å². The number of methoxy groups -OCH3 is 1. The van der Waals surface area contributed by atoms with Crippen LogP contribution in [0.3, 0.4) is 0 Å². The van der Waals surface area contributed by atoms with Gasteiger partial charge in [-0.25, -0.2) is 4.79 Å². The summed E-state index contributed by atoms with van der Waals surface area (Å²) in [6.45, 7) is 0. The van der Waals surface area contributed by atoms with E-state index in [1.54, 1.807) is 19.2 Å². The minimum Gasteiger partial charge on any atom is -0.496 e. The van der Waals surface area contributed by atoms with E-state index >= 15 is 0 Å². The van der Waals surface area contributed by atoms with Gasteiger partial charge in [0.1, 0.15) is 5.75 Å². The van der Waals surface area contributed by atoms with Crippen LogP contribution in [0.4, 0.5) is 0 Å². The van der Waals surface area contributed by atoms with Gasteiger partial charge in [0.15, 0.2) is 0 Å². The summed E-state index contributed by atoms with van der Waals surface area (Å²) >= 11 is 0. The Labute approximate surface area is 178 Å². The Hall–Kier alpha value is -2.55. The molecule has 3 heteroatoms. The molecule has 156 valence electrons. The monoisotopic (exact) mass is 402 g/mol. The zero-order valence-electron chi connectivity index (χ0n) is 17.6. The summed E-state index contributed by atoms with van der Waals surface area (Å²) in [6.07, 6.45) is 13.0. The van der Waals surface area contributed by atoms with E-state index in [4.69, 9.17) is 4.74 Å². The fourth-order valence-corrected chi connectivity index (χ4v) is 6.90. The summed E-state index contributed by atoms with van der Waals surface area (Å²) in [5, 5.41) is 9.35. The Balaban J connectivity index is 1.37. The van der Waals surface area contributed by atoms with Crippen LogP contribution in [-0.4, -0.2) is 18.2 Å². The van der Waals surface area contributed by atoms with Crippen LogP contribution in [0.15, 0.2) is 48.5 Å². The fraction of sp³-hybridized carbons (Fsp3) is 0.444. The first-order valence-corrected chi connectivity index (χ1v) is 11.2. The molecule has 3 nitrogen and oxygen atoms in total. The SMILES string of the molecule is COc1cc(CC=Cc2ccccc2C(=O)O)ccc1C12CC3CC(CC(C3)C1)C2. The molecule has 2 aromatic rings. The Bertz CT molecular complexity index is 952. The first-order valence-electron chi connectivity index (χ1n) is 11.2. The molecule has 30 heavy (non-hydrogen) atoms. The van der Waals surface area contributed by atoms with Gasteiger partial charge in [-0.1, -0.05) is 42.5 Å².